The van der Waals surface area contributed by atoms with Gasteiger partial charge in [0, 0.05) is 18.5 Å². The number of methoxy groups -OCH3 is 2. The molecular formula is C16H24N2O5. The molecule has 0 radical (unpaired) electrons. The lowest BCUT2D eigenvalue weighted by Crippen LogP contribution is -2.39. The summed E-state index contributed by atoms with van der Waals surface area (Å²) in [6.07, 6.45) is -0.187. The van der Waals surface area contributed by atoms with Gasteiger partial charge in [0.25, 0.3) is 0 Å². The average molecular weight is 324 g/mol. The Morgan fingerprint density at radius 2 is 1.91 bits per heavy atom. The first-order valence-corrected chi connectivity index (χ1v) is 7.28. The maximum absolute atomic E-state index is 11.8. The Balaban J connectivity index is 2.85. The monoisotopic (exact) mass is 324 g/mol. The Labute approximate surface area is 136 Å². The SMILES string of the molecule is COC(=O)c1ccc(OC)nc1CC(C)NC(=O)OC(C)(C)C. The predicted molar refractivity (Wildman–Crippen MR) is 84.7 cm³/mol. The third-order valence-corrected chi connectivity index (χ3v) is 2.83. The largest absolute Gasteiger partial charge is 0.481 e. The number of nitrogens with one attached hydrogen (secondary N) is 1. The van der Waals surface area contributed by atoms with E-state index in [9.17, 15) is 9.59 Å². The van der Waals surface area contributed by atoms with Crippen LogP contribution in [-0.4, -0.2) is 42.9 Å². The first kappa shape index (κ1) is 18.7. The lowest BCUT2D eigenvalue weighted by atomic mass is 10.1. The van der Waals surface area contributed by atoms with Gasteiger partial charge >= 0.3 is 12.1 Å². The van der Waals surface area contributed by atoms with Crippen LogP contribution >= 0.6 is 0 Å². The molecule has 7 heteroatoms. The highest BCUT2D eigenvalue weighted by Gasteiger charge is 2.20. The number of rotatable bonds is 5. The zero-order valence-corrected chi connectivity index (χ0v) is 14.4. The molecular weight excluding hydrogens is 300 g/mol. The summed E-state index contributed by atoms with van der Waals surface area (Å²) in [4.78, 5) is 27.9. The minimum atomic E-state index is -0.574. The number of nitrogens with zero attached hydrogens (tertiary/aromatic N) is 1. The van der Waals surface area contributed by atoms with Gasteiger partial charge in [-0.25, -0.2) is 14.6 Å². The van der Waals surface area contributed by atoms with Crippen LogP contribution in [0.4, 0.5) is 4.79 Å². The summed E-state index contributed by atoms with van der Waals surface area (Å²) in [5.74, 6) is -0.100. The van der Waals surface area contributed by atoms with Gasteiger partial charge in [0.1, 0.15) is 5.60 Å². The van der Waals surface area contributed by atoms with Crippen molar-refractivity contribution in [2.24, 2.45) is 0 Å². The van der Waals surface area contributed by atoms with Gasteiger partial charge in [-0.2, -0.15) is 0 Å². The van der Waals surface area contributed by atoms with Crippen LogP contribution in [0.15, 0.2) is 12.1 Å². The summed E-state index contributed by atoms with van der Waals surface area (Å²) in [5, 5.41) is 2.71. The number of ether oxygens (including phenoxy) is 3. The van der Waals surface area contributed by atoms with Crippen LogP contribution in [0.25, 0.3) is 0 Å². The normalized spacial score (nSPS) is 12.3. The fraction of sp³-hybridized carbons (Fsp3) is 0.562. The van der Waals surface area contributed by atoms with Crippen LogP contribution < -0.4 is 10.1 Å². The number of esters is 1. The smallest absolute Gasteiger partial charge is 0.407 e. The van der Waals surface area contributed by atoms with E-state index in [1.807, 2.05) is 0 Å². The van der Waals surface area contributed by atoms with Gasteiger partial charge in [-0.05, 0) is 33.8 Å². The molecule has 1 rings (SSSR count). The van der Waals surface area contributed by atoms with Crippen molar-refractivity contribution in [2.75, 3.05) is 14.2 Å². The van der Waals surface area contributed by atoms with E-state index < -0.39 is 17.7 Å². The minimum Gasteiger partial charge on any atom is -0.481 e. The molecule has 1 amide bonds. The highest BCUT2D eigenvalue weighted by molar-refractivity contribution is 5.90. The zero-order chi connectivity index (χ0) is 17.6. The molecule has 1 atom stereocenters. The number of carbonyl (C=O) groups is 2. The highest BCUT2D eigenvalue weighted by Crippen LogP contribution is 2.16. The molecule has 0 aliphatic rings. The summed E-state index contributed by atoms with van der Waals surface area (Å²) in [6, 6.07) is 2.89. The van der Waals surface area contributed by atoms with Gasteiger partial charge in [-0.15, -0.1) is 0 Å². The first-order valence-electron chi connectivity index (χ1n) is 7.28. The Morgan fingerprint density at radius 1 is 1.26 bits per heavy atom. The number of amides is 1. The Kier molecular flexibility index (Phi) is 6.36. The maximum atomic E-state index is 11.8. The van der Waals surface area contributed by atoms with Gasteiger partial charge in [-0.1, -0.05) is 0 Å². The van der Waals surface area contributed by atoms with E-state index >= 15 is 0 Å². The van der Waals surface area contributed by atoms with Gasteiger partial charge in [-0.3, -0.25) is 0 Å². The van der Waals surface area contributed by atoms with E-state index in [-0.39, 0.29) is 6.04 Å². The number of hydrogen-bond acceptors (Lipinski definition) is 6. The number of aromatic nitrogens is 1. The van der Waals surface area contributed by atoms with Crippen molar-refractivity contribution in [3.8, 4) is 5.88 Å². The Morgan fingerprint density at radius 3 is 2.43 bits per heavy atom. The number of alkyl carbamates (subject to hydrolysis) is 1. The second-order valence-electron chi connectivity index (χ2n) is 6.09. The third-order valence-electron chi connectivity index (χ3n) is 2.83. The van der Waals surface area contributed by atoms with Crippen LogP contribution in [0.5, 0.6) is 5.88 Å². The quantitative estimate of drug-likeness (QED) is 0.837. The molecule has 1 heterocycles. The lowest BCUT2D eigenvalue weighted by Gasteiger charge is -2.22. The van der Waals surface area contributed by atoms with E-state index in [0.29, 0.717) is 23.6 Å². The average Bonchev–Trinajstić information content (AvgIpc) is 2.43. The van der Waals surface area contributed by atoms with E-state index in [2.05, 4.69) is 10.3 Å². The number of carbonyl (C=O) groups excluding carboxylic acids is 2. The molecule has 0 saturated carbocycles. The van der Waals surface area contributed by atoms with Crippen LogP contribution in [0.1, 0.15) is 43.7 Å². The molecule has 0 aliphatic carbocycles. The van der Waals surface area contributed by atoms with Crippen molar-refractivity contribution in [3.63, 3.8) is 0 Å². The third kappa shape index (κ3) is 6.14. The minimum absolute atomic E-state index is 0.284. The van der Waals surface area contributed by atoms with E-state index in [0.717, 1.165) is 0 Å². The highest BCUT2D eigenvalue weighted by atomic mass is 16.6. The summed E-state index contributed by atoms with van der Waals surface area (Å²) in [5.41, 5.74) is 0.251. The van der Waals surface area contributed by atoms with Crippen LogP contribution in [0, 0.1) is 0 Å². The molecule has 1 aromatic rings. The maximum Gasteiger partial charge on any atom is 0.407 e. The van der Waals surface area contributed by atoms with Crippen molar-refractivity contribution >= 4 is 12.1 Å². The molecule has 23 heavy (non-hydrogen) atoms. The van der Waals surface area contributed by atoms with Gasteiger partial charge in [0.2, 0.25) is 5.88 Å². The molecule has 0 aromatic carbocycles. The molecule has 0 bridgehead atoms. The van der Waals surface area contributed by atoms with E-state index in [4.69, 9.17) is 14.2 Å². The van der Waals surface area contributed by atoms with Crippen molar-refractivity contribution in [2.45, 2.75) is 45.8 Å². The molecule has 7 nitrogen and oxygen atoms in total. The summed E-state index contributed by atoms with van der Waals surface area (Å²) < 4.78 is 15.0. The Hall–Kier alpha value is -2.31. The summed E-state index contributed by atoms with van der Waals surface area (Å²) in [7, 11) is 2.80. The van der Waals surface area contributed by atoms with Gasteiger partial charge in [0.05, 0.1) is 25.5 Å². The van der Waals surface area contributed by atoms with Crippen molar-refractivity contribution in [1.82, 2.24) is 10.3 Å². The number of hydrogen-bond donors (Lipinski definition) is 1. The first-order chi connectivity index (χ1) is 10.7. The predicted octanol–water partition coefficient (Wildman–Crippen LogP) is 2.33. The second kappa shape index (κ2) is 7.80. The zero-order valence-electron chi connectivity index (χ0n) is 14.4. The molecule has 128 valence electrons. The topological polar surface area (TPSA) is 86.8 Å². The van der Waals surface area contributed by atoms with Crippen molar-refractivity contribution in [3.05, 3.63) is 23.4 Å². The van der Waals surface area contributed by atoms with E-state index in [1.54, 1.807) is 39.8 Å². The van der Waals surface area contributed by atoms with Crippen molar-refractivity contribution in [1.29, 1.82) is 0 Å². The standard InChI is InChI=1S/C16H24N2O5/c1-10(17-15(20)23-16(2,3)4)9-12-11(14(19)22-6)7-8-13(18-12)21-5/h7-8,10H,9H2,1-6H3,(H,17,20). The molecule has 1 N–H and O–H groups in total. The molecule has 1 unspecified atom stereocenters. The van der Waals surface area contributed by atoms with Crippen LogP contribution in [0.3, 0.4) is 0 Å². The Bertz CT molecular complexity index is 566. The molecule has 0 spiro atoms. The van der Waals surface area contributed by atoms with Gasteiger partial charge < -0.3 is 19.5 Å². The molecule has 0 saturated heterocycles. The second-order valence-corrected chi connectivity index (χ2v) is 6.09. The molecule has 0 fully saturated rings. The summed E-state index contributed by atoms with van der Waals surface area (Å²) in [6.45, 7) is 7.16. The van der Waals surface area contributed by atoms with Crippen LogP contribution in [0.2, 0.25) is 0 Å². The van der Waals surface area contributed by atoms with Crippen molar-refractivity contribution < 1.29 is 23.8 Å². The fourth-order valence-corrected chi connectivity index (χ4v) is 1.90. The molecule has 0 aliphatic heterocycles. The summed E-state index contributed by atoms with van der Waals surface area (Å²) >= 11 is 0. The lowest BCUT2D eigenvalue weighted by molar-refractivity contribution is 0.0508. The fourth-order valence-electron chi connectivity index (χ4n) is 1.90. The molecule has 1 aromatic heterocycles. The van der Waals surface area contributed by atoms with Gasteiger partial charge in [0.15, 0.2) is 0 Å². The van der Waals surface area contributed by atoms with E-state index in [1.165, 1.54) is 14.2 Å². The number of pyridine rings is 1. The van der Waals surface area contributed by atoms with Crippen LogP contribution in [-0.2, 0) is 15.9 Å².